The first kappa shape index (κ1) is 16.7. The van der Waals surface area contributed by atoms with Crippen LogP contribution >= 0.6 is 0 Å². The quantitative estimate of drug-likeness (QED) is 0.716. The third-order valence-corrected chi connectivity index (χ3v) is 4.87. The number of anilines is 1. The standard InChI is InChI=1S/C19H22N6O/c1-14-17(15(2)26-23-14)13-24-8-10-25(11-9-24)19-6-5-18(21-22-19)16-4-3-7-20-12-16/h3-7,12H,8-11,13H2,1-2H3. The van der Waals surface area contributed by atoms with Gasteiger partial charge in [-0.3, -0.25) is 9.88 Å². The molecule has 4 heterocycles. The Morgan fingerprint density at radius 2 is 1.88 bits per heavy atom. The molecule has 1 aliphatic heterocycles. The van der Waals surface area contributed by atoms with Crippen molar-refractivity contribution in [3.63, 3.8) is 0 Å². The molecule has 0 radical (unpaired) electrons. The first-order valence-corrected chi connectivity index (χ1v) is 8.84. The molecule has 0 N–H and O–H groups in total. The lowest BCUT2D eigenvalue weighted by molar-refractivity contribution is 0.247. The molecule has 3 aromatic heterocycles. The molecule has 7 heteroatoms. The minimum atomic E-state index is 0.846. The van der Waals surface area contributed by atoms with Gasteiger partial charge in [-0.25, -0.2) is 0 Å². The molecule has 134 valence electrons. The second-order valence-electron chi connectivity index (χ2n) is 6.58. The summed E-state index contributed by atoms with van der Waals surface area (Å²) in [5.74, 6) is 1.84. The molecule has 26 heavy (non-hydrogen) atoms. The summed E-state index contributed by atoms with van der Waals surface area (Å²) in [6.45, 7) is 8.70. The van der Waals surface area contributed by atoms with E-state index in [2.05, 4.69) is 30.1 Å². The topological polar surface area (TPSA) is 71.2 Å². The van der Waals surface area contributed by atoms with Crippen LogP contribution in [-0.2, 0) is 6.54 Å². The Morgan fingerprint density at radius 1 is 1.04 bits per heavy atom. The first-order chi connectivity index (χ1) is 12.7. The Labute approximate surface area is 152 Å². The molecule has 7 nitrogen and oxygen atoms in total. The van der Waals surface area contributed by atoms with E-state index in [4.69, 9.17) is 4.52 Å². The molecule has 4 rings (SSSR count). The number of hydrogen-bond donors (Lipinski definition) is 0. The van der Waals surface area contributed by atoms with Crippen molar-refractivity contribution in [2.45, 2.75) is 20.4 Å². The van der Waals surface area contributed by atoms with Gasteiger partial charge in [0.2, 0.25) is 0 Å². The highest BCUT2D eigenvalue weighted by Gasteiger charge is 2.21. The van der Waals surface area contributed by atoms with Crippen molar-refractivity contribution in [1.82, 2.24) is 25.2 Å². The van der Waals surface area contributed by atoms with E-state index in [1.54, 1.807) is 12.4 Å². The van der Waals surface area contributed by atoms with Gasteiger partial charge >= 0.3 is 0 Å². The van der Waals surface area contributed by atoms with Gasteiger partial charge < -0.3 is 9.42 Å². The number of nitrogens with zero attached hydrogens (tertiary/aromatic N) is 6. The zero-order valence-corrected chi connectivity index (χ0v) is 15.1. The monoisotopic (exact) mass is 350 g/mol. The van der Waals surface area contributed by atoms with E-state index in [0.717, 1.165) is 61.3 Å². The van der Waals surface area contributed by atoms with Crippen molar-refractivity contribution in [1.29, 1.82) is 0 Å². The van der Waals surface area contributed by atoms with Gasteiger partial charge in [0, 0.05) is 56.2 Å². The van der Waals surface area contributed by atoms with Gasteiger partial charge in [0.1, 0.15) is 5.76 Å². The fourth-order valence-electron chi connectivity index (χ4n) is 3.25. The van der Waals surface area contributed by atoms with Gasteiger partial charge in [-0.15, -0.1) is 10.2 Å². The van der Waals surface area contributed by atoms with Gasteiger partial charge in [0.15, 0.2) is 5.82 Å². The Morgan fingerprint density at radius 3 is 2.50 bits per heavy atom. The van der Waals surface area contributed by atoms with Gasteiger partial charge in [-0.05, 0) is 38.1 Å². The number of aryl methyl sites for hydroxylation is 2. The molecule has 3 aromatic rings. The Kier molecular flexibility index (Phi) is 4.62. The highest BCUT2D eigenvalue weighted by molar-refractivity contribution is 5.58. The fourth-order valence-corrected chi connectivity index (χ4v) is 3.25. The summed E-state index contributed by atoms with van der Waals surface area (Å²) in [4.78, 5) is 8.84. The summed E-state index contributed by atoms with van der Waals surface area (Å²) < 4.78 is 5.27. The molecule has 0 atom stereocenters. The first-order valence-electron chi connectivity index (χ1n) is 8.84. The average molecular weight is 350 g/mol. The van der Waals surface area contributed by atoms with Crippen molar-refractivity contribution < 1.29 is 4.52 Å². The van der Waals surface area contributed by atoms with Crippen LogP contribution in [0, 0.1) is 13.8 Å². The van der Waals surface area contributed by atoms with E-state index in [1.165, 1.54) is 5.56 Å². The van der Waals surface area contributed by atoms with E-state index in [1.807, 2.05) is 38.1 Å². The Balaban J connectivity index is 1.37. The molecule has 0 bridgehead atoms. The van der Waals surface area contributed by atoms with E-state index in [0.29, 0.717) is 0 Å². The fraction of sp³-hybridized carbons (Fsp3) is 0.368. The van der Waals surface area contributed by atoms with Crippen molar-refractivity contribution in [2.24, 2.45) is 0 Å². The number of pyridine rings is 1. The molecule has 0 spiro atoms. The third-order valence-electron chi connectivity index (χ3n) is 4.87. The van der Waals surface area contributed by atoms with Crippen molar-refractivity contribution >= 4 is 5.82 Å². The maximum absolute atomic E-state index is 5.27. The summed E-state index contributed by atoms with van der Waals surface area (Å²) in [6, 6.07) is 7.95. The zero-order chi connectivity index (χ0) is 17.9. The summed E-state index contributed by atoms with van der Waals surface area (Å²) in [6.07, 6.45) is 3.56. The van der Waals surface area contributed by atoms with Crippen LogP contribution in [0.25, 0.3) is 11.3 Å². The lowest BCUT2D eigenvalue weighted by Gasteiger charge is -2.35. The minimum absolute atomic E-state index is 0.846. The maximum Gasteiger partial charge on any atom is 0.151 e. The minimum Gasteiger partial charge on any atom is -0.361 e. The molecular weight excluding hydrogens is 328 g/mol. The van der Waals surface area contributed by atoms with Crippen LogP contribution in [0.2, 0.25) is 0 Å². The Hall–Kier alpha value is -2.80. The highest BCUT2D eigenvalue weighted by Crippen LogP contribution is 2.20. The predicted molar refractivity (Wildman–Crippen MR) is 98.7 cm³/mol. The summed E-state index contributed by atoms with van der Waals surface area (Å²) in [7, 11) is 0. The van der Waals surface area contributed by atoms with E-state index >= 15 is 0 Å². The van der Waals surface area contributed by atoms with Crippen LogP contribution in [0.5, 0.6) is 0 Å². The second kappa shape index (κ2) is 7.21. The molecule has 0 saturated carbocycles. The largest absolute Gasteiger partial charge is 0.361 e. The normalized spacial score (nSPS) is 15.4. The van der Waals surface area contributed by atoms with E-state index in [9.17, 15) is 0 Å². The molecule has 1 fully saturated rings. The predicted octanol–water partition coefficient (Wildman–Crippen LogP) is 2.47. The number of rotatable bonds is 4. The van der Waals surface area contributed by atoms with Crippen LogP contribution in [0.1, 0.15) is 17.0 Å². The number of aromatic nitrogens is 4. The molecule has 0 unspecified atom stereocenters. The van der Waals surface area contributed by atoms with Gasteiger partial charge in [0.05, 0.1) is 11.4 Å². The molecule has 1 saturated heterocycles. The summed E-state index contributed by atoms with van der Waals surface area (Å²) >= 11 is 0. The van der Waals surface area contributed by atoms with E-state index in [-0.39, 0.29) is 0 Å². The van der Waals surface area contributed by atoms with Crippen molar-refractivity contribution in [3.8, 4) is 11.3 Å². The summed E-state index contributed by atoms with van der Waals surface area (Å²) in [5, 5.41) is 12.8. The molecule has 0 aromatic carbocycles. The number of hydrogen-bond acceptors (Lipinski definition) is 7. The maximum atomic E-state index is 5.27. The molecular formula is C19H22N6O. The number of piperazine rings is 1. The molecule has 0 amide bonds. The molecule has 1 aliphatic rings. The second-order valence-corrected chi connectivity index (χ2v) is 6.58. The zero-order valence-electron chi connectivity index (χ0n) is 15.1. The lowest BCUT2D eigenvalue weighted by Crippen LogP contribution is -2.46. The molecule has 0 aliphatic carbocycles. The van der Waals surface area contributed by atoms with Crippen LogP contribution < -0.4 is 4.90 Å². The SMILES string of the molecule is Cc1noc(C)c1CN1CCN(c2ccc(-c3cccnc3)nn2)CC1. The average Bonchev–Trinajstić information content (AvgIpc) is 3.01. The van der Waals surface area contributed by atoms with Gasteiger partial charge in [-0.1, -0.05) is 5.16 Å². The van der Waals surface area contributed by atoms with Gasteiger partial charge in [0.25, 0.3) is 0 Å². The van der Waals surface area contributed by atoms with Crippen LogP contribution in [-0.4, -0.2) is 51.4 Å². The van der Waals surface area contributed by atoms with Crippen LogP contribution in [0.15, 0.2) is 41.2 Å². The van der Waals surface area contributed by atoms with Crippen LogP contribution in [0.3, 0.4) is 0 Å². The highest BCUT2D eigenvalue weighted by atomic mass is 16.5. The lowest BCUT2D eigenvalue weighted by atomic mass is 10.1. The van der Waals surface area contributed by atoms with Crippen molar-refractivity contribution in [3.05, 3.63) is 53.7 Å². The van der Waals surface area contributed by atoms with Crippen LogP contribution in [0.4, 0.5) is 5.82 Å². The third kappa shape index (κ3) is 3.43. The summed E-state index contributed by atoms with van der Waals surface area (Å²) in [5.41, 5.74) is 4.02. The Bertz CT molecular complexity index is 834. The van der Waals surface area contributed by atoms with E-state index < -0.39 is 0 Å². The smallest absolute Gasteiger partial charge is 0.151 e. The van der Waals surface area contributed by atoms with Gasteiger partial charge in [-0.2, -0.15) is 0 Å². The van der Waals surface area contributed by atoms with Crippen molar-refractivity contribution in [2.75, 3.05) is 31.1 Å².